The molecule has 2 aromatic rings. The summed E-state index contributed by atoms with van der Waals surface area (Å²) in [7, 11) is 1.59. The zero-order chi connectivity index (χ0) is 19.4. The van der Waals surface area contributed by atoms with Crippen molar-refractivity contribution in [1.29, 1.82) is 0 Å². The van der Waals surface area contributed by atoms with Gasteiger partial charge in [-0.15, -0.1) is 10.2 Å². The molecule has 0 aliphatic carbocycles. The number of carbonyl (C=O) groups excluding carboxylic acids is 1. The lowest BCUT2D eigenvalue weighted by Gasteiger charge is -2.40. The van der Waals surface area contributed by atoms with Crippen molar-refractivity contribution in [3.63, 3.8) is 0 Å². The summed E-state index contributed by atoms with van der Waals surface area (Å²) in [5, 5.41) is 11.2. The van der Waals surface area contributed by atoms with Crippen molar-refractivity contribution >= 4 is 16.9 Å². The molecule has 0 unspecified atom stereocenters. The fourth-order valence-electron chi connectivity index (χ4n) is 4.10. The van der Waals surface area contributed by atoms with Crippen molar-refractivity contribution in [3.8, 4) is 5.75 Å². The molecule has 2 fully saturated rings. The van der Waals surface area contributed by atoms with E-state index in [0.29, 0.717) is 23.3 Å². The lowest BCUT2D eigenvalue weighted by molar-refractivity contribution is -0.000683. The summed E-state index contributed by atoms with van der Waals surface area (Å²) in [6, 6.07) is 5.34. The number of rotatable bonds is 6. The number of fused-ring (bicyclic) bond motifs is 1. The Kier molecular flexibility index (Phi) is 5.68. The third-order valence-corrected chi connectivity index (χ3v) is 5.80. The van der Waals surface area contributed by atoms with Crippen LogP contribution in [0.3, 0.4) is 0 Å². The number of carbonyl (C=O) groups is 1. The van der Waals surface area contributed by atoms with Gasteiger partial charge in [0.1, 0.15) is 11.3 Å². The first-order valence-electron chi connectivity index (χ1n) is 9.94. The van der Waals surface area contributed by atoms with Crippen molar-refractivity contribution < 1.29 is 14.3 Å². The molecular formula is C20H27N5O3. The number of aromatic nitrogens is 3. The summed E-state index contributed by atoms with van der Waals surface area (Å²) < 4.78 is 10.8. The number of likely N-dealkylation sites (tertiary alicyclic amines) is 1. The Morgan fingerprint density at radius 2 is 2.00 bits per heavy atom. The van der Waals surface area contributed by atoms with Crippen molar-refractivity contribution in [2.45, 2.75) is 25.7 Å². The van der Waals surface area contributed by atoms with E-state index in [1.807, 2.05) is 0 Å². The summed E-state index contributed by atoms with van der Waals surface area (Å²) in [4.78, 5) is 19.6. The molecule has 28 heavy (non-hydrogen) atoms. The predicted octanol–water partition coefficient (Wildman–Crippen LogP) is 1.66. The van der Waals surface area contributed by atoms with Gasteiger partial charge < -0.3 is 19.7 Å². The molecule has 1 aromatic heterocycles. The lowest BCUT2D eigenvalue weighted by atomic mass is 9.79. The second-order valence-corrected chi connectivity index (χ2v) is 7.77. The molecule has 1 amide bonds. The fourth-order valence-corrected chi connectivity index (χ4v) is 4.10. The molecule has 3 heterocycles. The van der Waals surface area contributed by atoms with E-state index in [1.165, 1.54) is 12.8 Å². The summed E-state index contributed by atoms with van der Waals surface area (Å²) >= 11 is 0. The molecule has 8 nitrogen and oxygen atoms in total. The monoisotopic (exact) mass is 385 g/mol. The number of benzene rings is 1. The third kappa shape index (κ3) is 4.23. The average molecular weight is 385 g/mol. The molecule has 0 atom stereocenters. The van der Waals surface area contributed by atoms with Crippen LogP contribution in [0.2, 0.25) is 0 Å². The second-order valence-electron chi connectivity index (χ2n) is 7.77. The van der Waals surface area contributed by atoms with Crippen LogP contribution in [-0.2, 0) is 4.74 Å². The van der Waals surface area contributed by atoms with Gasteiger partial charge in [-0.2, -0.15) is 0 Å². The normalized spacial score (nSPS) is 19.6. The standard InChI is InChI=1S/C20H27N5O3/c1-27-15-4-5-16-17(12-15)22-18(24-23-16)19(26)21-13-20(6-10-28-11-7-20)14-25-8-2-3-9-25/h4-5,12H,2-3,6-11,13-14H2,1H3,(H,21,26). The minimum absolute atomic E-state index is 0.0474. The molecule has 2 aliphatic rings. The Balaban J connectivity index is 1.46. The molecule has 1 aromatic carbocycles. The van der Waals surface area contributed by atoms with Crippen molar-refractivity contribution in [3.05, 3.63) is 24.0 Å². The van der Waals surface area contributed by atoms with E-state index in [0.717, 1.165) is 45.7 Å². The zero-order valence-corrected chi connectivity index (χ0v) is 16.3. The van der Waals surface area contributed by atoms with E-state index < -0.39 is 0 Å². The van der Waals surface area contributed by atoms with Gasteiger partial charge in [0.05, 0.1) is 12.6 Å². The maximum Gasteiger partial charge on any atom is 0.291 e. The van der Waals surface area contributed by atoms with Crippen LogP contribution in [0, 0.1) is 5.41 Å². The van der Waals surface area contributed by atoms with E-state index >= 15 is 0 Å². The second kappa shape index (κ2) is 8.36. The van der Waals surface area contributed by atoms with Crippen LogP contribution in [0.1, 0.15) is 36.3 Å². The number of amides is 1. The van der Waals surface area contributed by atoms with E-state index in [1.54, 1.807) is 25.3 Å². The van der Waals surface area contributed by atoms with Crippen molar-refractivity contribution in [2.24, 2.45) is 5.41 Å². The van der Waals surface area contributed by atoms with Gasteiger partial charge in [-0.1, -0.05) is 0 Å². The minimum Gasteiger partial charge on any atom is -0.497 e. The van der Waals surface area contributed by atoms with Gasteiger partial charge >= 0.3 is 0 Å². The number of hydrogen-bond acceptors (Lipinski definition) is 7. The van der Waals surface area contributed by atoms with Crippen LogP contribution in [0.4, 0.5) is 0 Å². The van der Waals surface area contributed by atoms with Crippen LogP contribution in [-0.4, -0.2) is 72.5 Å². The van der Waals surface area contributed by atoms with Crippen LogP contribution >= 0.6 is 0 Å². The Morgan fingerprint density at radius 3 is 2.75 bits per heavy atom. The van der Waals surface area contributed by atoms with E-state index in [-0.39, 0.29) is 17.1 Å². The van der Waals surface area contributed by atoms with Crippen LogP contribution in [0.15, 0.2) is 18.2 Å². The SMILES string of the molecule is COc1ccc2nnc(C(=O)NCC3(CN4CCCC4)CCOCC3)nc2c1. The number of nitrogens with one attached hydrogen (secondary N) is 1. The zero-order valence-electron chi connectivity index (χ0n) is 16.3. The highest BCUT2D eigenvalue weighted by Gasteiger charge is 2.35. The summed E-state index contributed by atoms with van der Waals surface area (Å²) in [6.07, 6.45) is 4.44. The highest BCUT2D eigenvalue weighted by molar-refractivity contribution is 5.92. The molecule has 1 N–H and O–H groups in total. The topological polar surface area (TPSA) is 89.5 Å². The van der Waals surface area contributed by atoms with Crippen molar-refractivity contribution in [1.82, 2.24) is 25.4 Å². The number of hydrogen-bond donors (Lipinski definition) is 1. The molecule has 2 aliphatic heterocycles. The predicted molar refractivity (Wildman–Crippen MR) is 104 cm³/mol. The van der Waals surface area contributed by atoms with Crippen LogP contribution in [0.5, 0.6) is 5.75 Å². The van der Waals surface area contributed by atoms with Gasteiger partial charge in [-0.05, 0) is 50.9 Å². The highest BCUT2D eigenvalue weighted by atomic mass is 16.5. The Morgan fingerprint density at radius 1 is 1.21 bits per heavy atom. The molecule has 0 saturated carbocycles. The molecule has 0 radical (unpaired) electrons. The first-order valence-corrected chi connectivity index (χ1v) is 9.94. The molecule has 4 rings (SSSR count). The Labute approximate surface area is 164 Å². The molecule has 2 saturated heterocycles. The van der Waals surface area contributed by atoms with E-state index in [2.05, 4.69) is 25.4 Å². The summed E-state index contributed by atoms with van der Waals surface area (Å²) in [5.74, 6) is 0.472. The number of methoxy groups -OCH3 is 1. The summed E-state index contributed by atoms with van der Waals surface area (Å²) in [6.45, 7) is 5.40. The van der Waals surface area contributed by atoms with Gasteiger partial charge in [-0.25, -0.2) is 4.98 Å². The minimum atomic E-state index is -0.287. The van der Waals surface area contributed by atoms with E-state index in [4.69, 9.17) is 9.47 Å². The van der Waals surface area contributed by atoms with Crippen molar-refractivity contribution in [2.75, 3.05) is 46.5 Å². The average Bonchev–Trinajstić information content (AvgIpc) is 3.24. The first-order chi connectivity index (χ1) is 13.7. The molecule has 150 valence electrons. The van der Waals surface area contributed by atoms with E-state index in [9.17, 15) is 4.79 Å². The quantitative estimate of drug-likeness (QED) is 0.809. The maximum atomic E-state index is 12.7. The number of nitrogens with zero attached hydrogens (tertiary/aromatic N) is 4. The Hall–Kier alpha value is -2.32. The molecule has 0 bridgehead atoms. The lowest BCUT2D eigenvalue weighted by Crippen LogP contribution is -2.48. The smallest absolute Gasteiger partial charge is 0.291 e. The third-order valence-electron chi connectivity index (χ3n) is 5.80. The van der Waals surface area contributed by atoms with Gasteiger partial charge in [-0.3, -0.25) is 4.79 Å². The maximum absolute atomic E-state index is 12.7. The summed E-state index contributed by atoms with van der Waals surface area (Å²) in [5.41, 5.74) is 1.27. The fraction of sp³-hybridized carbons (Fsp3) is 0.600. The first kappa shape index (κ1) is 19.0. The molecular weight excluding hydrogens is 358 g/mol. The van der Waals surface area contributed by atoms with Gasteiger partial charge in [0, 0.05) is 37.8 Å². The van der Waals surface area contributed by atoms with Gasteiger partial charge in [0.25, 0.3) is 5.91 Å². The largest absolute Gasteiger partial charge is 0.497 e. The number of ether oxygens (including phenoxy) is 2. The molecule has 0 spiro atoms. The molecule has 8 heteroatoms. The van der Waals surface area contributed by atoms with Gasteiger partial charge in [0.15, 0.2) is 0 Å². The Bertz CT molecular complexity index is 832. The highest BCUT2D eigenvalue weighted by Crippen LogP contribution is 2.32. The van der Waals surface area contributed by atoms with Crippen LogP contribution < -0.4 is 10.1 Å². The van der Waals surface area contributed by atoms with Gasteiger partial charge in [0.2, 0.25) is 5.82 Å². The van der Waals surface area contributed by atoms with Crippen LogP contribution in [0.25, 0.3) is 11.0 Å².